The fourth-order valence-corrected chi connectivity index (χ4v) is 2.64. The summed E-state index contributed by atoms with van der Waals surface area (Å²) in [6, 6.07) is 0.201. The van der Waals surface area contributed by atoms with Gasteiger partial charge in [-0.05, 0) is 33.2 Å². The van der Waals surface area contributed by atoms with E-state index in [1.54, 1.807) is 0 Å². The molecular weight excluding hydrogens is 242 g/mol. The molecule has 0 spiro atoms. The molecule has 3 rings (SSSR count). The Bertz CT molecular complexity index is 580. The molecule has 2 aromatic rings. The Morgan fingerprint density at radius 3 is 2.79 bits per heavy atom. The lowest BCUT2D eigenvalue weighted by Crippen LogP contribution is -2.26. The molecule has 1 N–H and O–H groups in total. The van der Waals surface area contributed by atoms with Crippen molar-refractivity contribution in [2.45, 2.75) is 39.2 Å². The maximum absolute atomic E-state index is 5.42. The molecule has 6 nitrogen and oxygen atoms in total. The lowest BCUT2D eigenvalue weighted by Gasteiger charge is -2.19. The van der Waals surface area contributed by atoms with Crippen LogP contribution < -0.4 is 5.32 Å². The summed E-state index contributed by atoms with van der Waals surface area (Å²) in [6.45, 7) is 5.01. The van der Waals surface area contributed by atoms with Crippen molar-refractivity contribution in [3.8, 4) is 11.4 Å². The van der Waals surface area contributed by atoms with Crippen molar-refractivity contribution in [2.75, 3.05) is 6.54 Å². The quantitative estimate of drug-likeness (QED) is 0.894. The van der Waals surface area contributed by atoms with Crippen LogP contribution in [0.25, 0.3) is 11.4 Å². The number of piperidine rings is 1. The molecular formula is C13H19N5O. The highest BCUT2D eigenvalue weighted by Crippen LogP contribution is 2.27. The summed E-state index contributed by atoms with van der Waals surface area (Å²) < 4.78 is 7.26. The second kappa shape index (κ2) is 4.77. The van der Waals surface area contributed by atoms with Crippen molar-refractivity contribution in [3.05, 3.63) is 17.3 Å². The van der Waals surface area contributed by atoms with E-state index in [-0.39, 0.29) is 6.04 Å². The summed E-state index contributed by atoms with van der Waals surface area (Å²) in [5.74, 6) is 1.34. The summed E-state index contributed by atoms with van der Waals surface area (Å²) in [7, 11) is 1.93. The van der Waals surface area contributed by atoms with Crippen LogP contribution >= 0.6 is 0 Å². The van der Waals surface area contributed by atoms with E-state index in [1.165, 1.54) is 12.8 Å². The van der Waals surface area contributed by atoms with Crippen molar-refractivity contribution in [1.82, 2.24) is 25.2 Å². The zero-order valence-corrected chi connectivity index (χ0v) is 11.6. The van der Waals surface area contributed by atoms with Gasteiger partial charge < -0.3 is 9.84 Å². The largest absolute Gasteiger partial charge is 0.337 e. The minimum Gasteiger partial charge on any atom is -0.337 e. The highest BCUT2D eigenvalue weighted by atomic mass is 16.5. The Hall–Kier alpha value is -1.69. The monoisotopic (exact) mass is 261 g/mol. The van der Waals surface area contributed by atoms with Gasteiger partial charge in [0.15, 0.2) is 0 Å². The van der Waals surface area contributed by atoms with Crippen molar-refractivity contribution >= 4 is 0 Å². The van der Waals surface area contributed by atoms with Gasteiger partial charge in [-0.2, -0.15) is 10.1 Å². The molecule has 0 aromatic carbocycles. The van der Waals surface area contributed by atoms with E-state index in [0.29, 0.717) is 11.7 Å². The van der Waals surface area contributed by atoms with Crippen molar-refractivity contribution in [3.63, 3.8) is 0 Å². The molecule has 1 saturated heterocycles. The molecule has 1 fully saturated rings. The first-order valence-electron chi connectivity index (χ1n) is 6.74. The molecule has 1 atom stereocenters. The third kappa shape index (κ3) is 2.16. The molecule has 1 unspecified atom stereocenters. The highest BCUT2D eigenvalue weighted by molar-refractivity contribution is 5.60. The van der Waals surface area contributed by atoms with Gasteiger partial charge in [0.1, 0.15) is 0 Å². The predicted molar refractivity (Wildman–Crippen MR) is 70.6 cm³/mol. The second-order valence-electron chi connectivity index (χ2n) is 5.13. The second-order valence-corrected chi connectivity index (χ2v) is 5.13. The van der Waals surface area contributed by atoms with E-state index in [0.717, 1.165) is 29.9 Å². The first kappa shape index (κ1) is 12.3. The molecule has 0 aliphatic carbocycles. The molecule has 6 heteroatoms. The molecule has 2 aromatic heterocycles. The van der Waals surface area contributed by atoms with Crippen LogP contribution in [0.3, 0.4) is 0 Å². The van der Waals surface area contributed by atoms with Crippen molar-refractivity contribution in [2.24, 2.45) is 7.05 Å². The third-order valence-corrected chi connectivity index (χ3v) is 3.78. The number of nitrogens with one attached hydrogen (secondary N) is 1. The van der Waals surface area contributed by atoms with Gasteiger partial charge in [0.05, 0.1) is 17.3 Å². The number of rotatable bonds is 2. The van der Waals surface area contributed by atoms with Gasteiger partial charge in [0.2, 0.25) is 11.7 Å². The summed E-state index contributed by atoms with van der Waals surface area (Å²) in [5, 5.41) is 11.9. The van der Waals surface area contributed by atoms with Crippen LogP contribution in [-0.2, 0) is 7.05 Å². The average Bonchev–Trinajstić information content (AvgIpc) is 2.97. The van der Waals surface area contributed by atoms with Crippen LogP contribution in [0.5, 0.6) is 0 Å². The van der Waals surface area contributed by atoms with Crippen molar-refractivity contribution < 1.29 is 4.52 Å². The van der Waals surface area contributed by atoms with Gasteiger partial charge in [0.25, 0.3) is 0 Å². The molecule has 0 radical (unpaired) electrons. The van der Waals surface area contributed by atoms with Gasteiger partial charge in [-0.1, -0.05) is 11.6 Å². The fourth-order valence-electron chi connectivity index (χ4n) is 2.64. The molecule has 0 saturated carbocycles. The molecule has 102 valence electrons. The Kier molecular flexibility index (Phi) is 3.10. The van der Waals surface area contributed by atoms with Crippen LogP contribution in [0.4, 0.5) is 0 Å². The molecule has 19 heavy (non-hydrogen) atoms. The van der Waals surface area contributed by atoms with Crippen LogP contribution in [0.2, 0.25) is 0 Å². The first-order chi connectivity index (χ1) is 9.16. The van der Waals surface area contributed by atoms with E-state index in [9.17, 15) is 0 Å². The summed E-state index contributed by atoms with van der Waals surface area (Å²) in [5.41, 5.74) is 2.97. The molecule has 1 aliphatic rings. The number of hydrogen-bond acceptors (Lipinski definition) is 5. The Labute approximate surface area is 112 Å². The SMILES string of the molecule is Cc1nn(C)c(C)c1-c1noc(C2CCCCN2)n1. The van der Waals surface area contributed by atoms with E-state index in [1.807, 2.05) is 25.6 Å². The number of hydrogen-bond donors (Lipinski definition) is 1. The molecule has 0 bridgehead atoms. The lowest BCUT2D eigenvalue weighted by molar-refractivity contribution is 0.297. The zero-order chi connectivity index (χ0) is 13.4. The summed E-state index contributed by atoms with van der Waals surface area (Å²) in [6.07, 6.45) is 3.49. The maximum Gasteiger partial charge on any atom is 0.244 e. The summed E-state index contributed by atoms with van der Waals surface area (Å²) in [4.78, 5) is 4.55. The van der Waals surface area contributed by atoms with E-state index >= 15 is 0 Å². The predicted octanol–water partition coefficient (Wildman–Crippen LogP) is 1.90. The standard InChI is InChI=1S/C13H19N5O/c1-8-11(9(2)18(3)16-8)12-15-13(19-17-12)10-6-4-5-7-14-10/h10,14H,4-7H2,1-3H3. The van der Waals surface area contributed by atoms with Gasteiger partial charge in [-0.3, -0.25) is 4.68 Å². The Balaban J connectivity index is 1.92. The number of nitrogens with zero attached hydrogens (tertiary/aromatic N) is 4. The van der Waals surface area contributed by atoms with Crippen LogP contribution in [0.1, 0.15) is 42.6 Å². The normalized spacial score (nSPS) is 19.8. The Morgan fingerprint density at radius 1 is 1.32 bits per heavy atom. The first-order valence-corrected chi connectivity index (χ1v) is 6.74. The number of aromatic nitrogens is 4. The van der Waals surface area contributed by atoms with Crippen LogP contribution in [0.15, 0.2) is 4.52 Å². The van der Waals surface area contributed by atoms with Gasteiger partial charge in [-0.25, -0.2) is 0 Å². The van der Waals surface area contributed by atoms with Gasteiger partial charge in [-0.15, -0.1) is 0 Å². The average molecular weight is 261 g/mol. The molecule has 1 aliphatic heterocycles. The minimum atomic E-state index is 0.201. The number of aryl methyl sites for hydroxylation is 2. The Morgan fingerprint density at radius 2 is 2.16 bits per heavy atom. The summed E-state index contributed by atoms with van der Waals surface area (Å²) >= 11 is 0. The van der Waals surface area contributed by atoms with Gasteiger partial charge in [0, 0.05) is 12.7 Å². The third-order valence-electron chi connectivity index (χ3n) is 3.78. The topological polar surface area (TPSA) is 68.8 Å². The van der Waals surface area contributed by atoms with E-state index < -0.39 is 0 Å². The smallest absolute Gasteiger partial charge is 0.244 e. The van der Waals surface area contributed by atoms with E-state index in [4.69, 9.17) is 4.52 Å². The minimum absolute atomic E-state index is 0.201. The highest BCUT2D eigenvalue weighted by Gasteiger charge is 2.23. The van der Waals surface area contributed by atoms with E-state index in [2.05, 4.69) is 20.6 Å². The maximum atomic E-state index is 5.42. The molecule has 0 amide bonds. The van der Waals surface area contributed by atoms with Gasteiger partial charge >= 0.3 is 0 Å². The van der Waals surface area contributed by atoms with Crippen LogP contribution in [-0.4, -0.2) is 26.5 Å². The molecule has 3 heterocycles. The zero-order valence-electron chi connectivity index (χ0n) is 11.6. The van der Waals surface area contributed by atoms with Crippen LogP contribution in [0, 0.1) is 13.8 Å². The fraction of sp³-hybridized carbons (Fsp3) is 0.615. The van der Waals surface area contributed by atoms with Crippen molar-refractivity contribution in [1.29, 1.82) is 0 Å². The lowest BCUT2D eigenvalue weighted by atomic mass is 10.1.